The van der Waals surface area contributed by atoms with Gasteiger partial charge in [-0.1, -0.05) is 58.0 Å². The van der Waals surface area contributed by atoms with E-state index in [-0.39, 0.29) is 11.2 Å². The first-order valence-electron chi connectivity index (χ1n) is 7.03. The zero-order valence-corrected chi connectivity index (χ0v) is 14.8. The molecule has 0 bridgehead atoms. The lowest BCUT2D eigenvalue weighted by Crippen LogP contribution is -2.22. The van der Waals surface area contributed by atoms with Crippen LogP contribution in [-0.4, -0.2) is 21.1 Å². The van der Waals surface area contributed by atoms with Gasteiger partial charge in [-0.3, -0.25) is 4.79 Å². The minimum absolute atomic E-state index is 0.355. The largest absolute Gasteiger partial charge is 0.369 e. The molecule has 3 rings (SSSR count). The third-order valence-corrected chi connectivity index (χ3v) is 5.01. The van der Waals surface area contributed by atoms with Gasteiger partial charge in [0.25, 0.3) is 0 Å². The zero-order valence-electron chi connectivity index (χ0n) is 12.4. The first-order chi connectivity index (χ1) is 11.0. The Morgan fingerprint density at radius 2 is 1.83 bits per heavy atom. The molecule has 0 aliphatic rings. The number of para-hydroxylation sites is 1. The summed E-state index contributed by atoms with van der Waals surface area (Å²) in [4.78, 5) is 20.7. The Hall–Kier alpha value is -1.92. The van der Waals surface area contributed by atoms with Crippen LogP contribution in [0.25, 0.3) is 22.3 Å². The molecule has 6 heteroatoms. The van der Waals surface area contributed by atoms with Crippen LogP contribution in [0.4, 0.5) is 0 Å². The summed E-state index contributed by atoms with van der Waals surface area (Å²) >= 11 is 4.78. The smallest absolute Gasteiger partial charge is 0.230 e. The summed E-state index contributed by atoms with van der Waals surface area (Å²) in [5.74, 6) is 0.276. The molecule has 1 aromatic heterocycles. The number of carbonyl (C=O) groups is 1. The molecule has 1 amide bonds. The van der Waals surface area contributed by atoms with Gasteiger partial charge in [-0.2, -0.15) is 0 Å². The molecular formula is C17H14BrN3OS. The number of benzene rings is 2. The average Bonchev–Trinajstić information content (AvgIpc) is 2.55. The summed E-state index contributed by atoms with van der Waals surface area (Å²) in [5.41, 5.74) is 7.16. The van der Waals surface area contributed by atoms with E-state index in [1.807, 2.05) is 48.5 Å². The second-order valence-corrected chi connectivity index (χ2v) is 7.28. The number of fused-ring (bicyclic) bond motifs is 1. The van der Waals surface area contributed by atoms with Crippen molar-refractivity contribution < 1.29 is 4.79 Å². The Labute approximate surface area is 146 Å². The van der Waals surface area contributed by atoms with E-state index in [9.17, 15) is 4.79 Å². The van der Waals surface area contributed by atoms with Gasteiger partial charge in [-0.15, -0.1) is 0 Å². The van der Waals surface area contributed by atoms with Gasteiger partial charge in [0.2, 0.25) is 5.91 Å². The van der Waals surface area contributed by atoms with Gasteiger partial charge >= 0.3 is 0 Å². The maximum Gasteiger partial charge on any atom is 0.230 e. The third-order valence-electron chi connectivity index (χ3n) is 3.36. The number of hydrogen-bond acceptors (Lipinski definition) is 4. The Morgan fingerprint density at radius 1 is 1.13 bits per heavy atom. The van der Waals surface area contributed by atoms with E-state index in [1.165, 1.54) is 11.8 Å². The Balaban J connectivity index is 2.13. The van der Waals surface area contributed by atoms with Crippen LogP contribution in [0.2, 0.25) is 0 Å². The van der Waals surface area contributed by atoms with E-state index >= 15 is 0 Å². The fraction of sp³-hybridized carbons (Fsp3) is 0.118. The van der Waals surface area contributed by atoms with Crippen molar-refractivity contribution in [3.8, 4) is 11.4 Å². The number of thioether (sulfide) groups is 1. The van der Waals surface area contributed by atoms with Crippen molar-refractivity contribution in [1.82, 2.24) is 9.97 Å². The molecule has 0 aliphatic heterocycles. The predicted octanol–water partition coefficient (Wildman–Crippen LogP) is 4.03. The fourth-order valence-corrected chi connectivity index (χ4v) is 3.25. The van der Waals surface area contributed by atoms with Crippen molar-refractivity contribution in [3.05, 3.63) is 53.0 Å². The van der Waals surface area contributed by atoms with Crippen molar-refractivity contribution in [2.45, 2.75) is 17.2 Å². The minimum Gasteiger partial charge on any atom is -0.369 e. The van der Waals surface area contributed by atoms with Crippen LogP contribution in [0, 0.1) is 0 Å². The molecular weight excluding hydrogens is 374 g/mol. The van der Waals surface area contributed by atoms with Gasteiger partial charge in [0.15, 0.2) is 5.82 Å². The van der Waals surface area contributed by atoms with Crippen LogP contribution in [0.1, 0.15) is 6.92 Å². The van der Waals surface area contributed by atoms with Gasteiger partial charge in [0.1, 0.15) is 5.03 Å². The van der Waals surface area contributed by atoms with E-state index in [0.29, 0.717) is 5.82 Å². The SMILES string of the molecule is CC(Sc1nc(-c2ccc(Br)cc2)nc2ccccc12)C(N)=O. The Morgan fingerprint density at radius 3 is 2.52 bits per heavy atom. The van der Waals surface area contributed by atoms with E-state index in [2.05, 4.69) is 25.9 Å². The molecule has 116 valence electrons. The quantitative estimate of drug-likeness (QED) is 0.541. The number of nitrogens with two attached hydrogens (primary N) is 1. The highest BCUT2D eigenvalue weighted by molar-refractivity contribution is 9.10. The fourth-order valence-electron chi connectivity index (χ4n) is 2.09. The van der Waals surface area contributed by atoms with Crippen molar-refractivity contribution in [3.63, 3.8) is 0 Å². The molecule has 4 nitrogen and oxygen atoms in total. The van der Waals surface area contributed by atoms with Crippen molar-refractivity contribution in [2.24, 2.45) is 5.73 Å². The molecule has 0 spiro atoms. The predicted molar refractivity (Wildman–Crippen MR) is 97.2 cm³/mol. The van der Waals surface area contributed by atoms with E-state index in [0.717, 1.165) is 26.0 Å². The Kier molecular flexibility index (Phi) is 4.63. The number of primary amides is 1. The second kappa shape index (κ2) is 6.68. The summed E-state index contributed by atoms with van der Waals surface area (Å²) in [5, 5.41) is 1.33. The molecule has 1 unspecified atom stereocenters. The van der Waals surface area contributed by atoms with Crippen molar-refractivity contribution in [2.75, 3.05) is 0 Å². The number of hydrogen-bond donors (Lipinski definition) is 1. The van der Waals surface area contributed by atoms with Gasteiger partial charge in [-0.05, 0) is 25.1 Å². The lowest BCUT2D eigenvalue weighted by atomic mass is 10.2. The number of amides is 1. The third kappa shape index (κ3) is 3.54. The molecule has 1 atom stereocenters. The molecule has 3 aromatic rings. The molecule has 2 N–H and O–H groups in total. The van der Waals surface area contributed by atoms with Crippen LogP contribution in [0.5, 0.6) is 0 Å². The topological polar surface area (TPSA) is 68.9 Å². The van der Waals surface area contributed by atoms with Crippen LogP contribution in [0.15, 0.2) is 58.0 Å². The first-order valence-corrected chi connectivity index (χ1v) is 8.70. The Bertz CT molecular complexity index is 867. The lowest BCUT2D eigenvalue weighted by Gasteiger charge is -2.11. The summed E-state index contributed by atoms with van der Waals surface area (Å²) in [6.07, 6.45) is 0. The van der Waals surface area contributed by atoms with Crippen LogP contribution in [0.3, 0.4) is 0 Å². The molecule has 0 fully saturated rings. The summed E-state index contributed by atoms with van der Waals surface area (Å²) in [6, 6.07) is 15.6. The highest BCUT2D eigenvalue weighted by Gasteiger charge is 2.16. The maximum atomic E-state index is 11.4. The minimum atomic E-state index is -0.358. The highest BCUT2D eigenvalue weighted by atomic mass is 79.9. The molecule has 0 radical (unpaired) electrons. The van der Waals surface area contributed by atoms with Crippen LogP contribution in [-0.2, 0) is 4.79 Å². The zero-order chi connectivity index (χ0) is 16.4. The highest BCUT2D eigenvalue weighted by Crippen LogP contribution is 2.31. The normalized spacial score (nSPS) is 12.3. The summed E-state index contributed by atoms with van der Waals surface area (Å²) in [6.45, 7) is 1.78. The van der Waals surface area contributed by atoms with Crippen molar-refractivity contribution in [1.29, 1.82) is 0 Å². The van der Waals surface area contributed by atoms with Gasteiger partial charge in [-0.25, -0.2) is 9.97 Å². The van der Waals surface area contributed by atoms with Crippen LogP contribution >= 0.6 is 27.7 Å². The van der Waals surface area contributed by atoms with E-state index in [4.69, 9.17) is 5.73 Å². The molecule has 0 saturated heterocycles. The van der Waals surface area contributed by atoms with Gasteiger partial charge < -0.3 is 5.73 Å². The molecule has 0 aliphatic carbocycles. The number of carbonyl (C=O) groups excluding carboxylic acids is 1. The second-order valence-electron chi connectivity index (χ2n) is 5.04. The van der Waals surface area contributed by atoms with Gasteiger partial charge in [0.05, 0.1) is 10.8 Å². The van der Waals surface area contributed by atoms with E-state index in [1.54, 1.807) is 6.92 Å². The number of halogens is 1. The van der Waals surface area contributed by atoms with Gasteiger partial charge in [0, 0.05) is 15.4 Å². The number of nitrogens with zero attached hydrogens (tertiary/aromatic N) is 2. The summed E-state index contributed by atoms with van der Waals surface area (Å²) < 4.78 is 0.999. The van der Waals surface area contributed by atoms with Crippen LogP contribution < -0.4 is 5.73 Å². The first kappa shape index (κ1) is 16.0. The molecule has 0 saturated carbocycles. The van der Waals surface area contributed by atoms with Crippen molar-refractivity contribution >= 4 is 44.5 Å². The lowest BCUT2D eigenvalue weighted by molar-refractivity contribution is -0.117. The summed E-state index contributed by atoms with van der Waals surface area (Å²) in [7, 11) is 0. The average molecular weight is 388 g/mol. The standard InChI is InChI=1S/C17H14BrN3OS/c1-10(15(19)22)23-17-13-4-2-3-5-14(13)20-16(21-17)11-6-8-12(18)9-7-11/h2-10H,1H3,(H2,19,22). The van der Waals surface area contributed by atoms with E-state index < -0.39 is 0 Å². The number of aromatic nitrogens is 2. The molecule has 2 aromatic carbocycles. The molecule has 23 heavy (non-hydrogen) atoms. The molecule has 1 heterocycles. The number of rotatable bonds is 4. The monoisotopic (exact) mass is 387 g/mol. The maximum absolute atomic E-state index is 11.4.